The number of benzene rings is 2. The maximum Gasteiger partial charge on any atom is 0.173 e. The number of aromatic hydroxyl groups is 4. The molecule has 0 fully saturated rings. The Morgan fingerprint density at radius 3 is 2.12 bits per heavy atom. The SMILES string of the molecule is COC1=C(c2ccc(O)c(O)c2CC=C(C)C)Oc2c(CC=C(C)C)c(O)cc(O)c2C1. The number of rotatable bonds is 6. The Morgan fingerprint density at radius 1 is 0.906 bits per heavy atom. The van der Waals surface area contributed by atoms with Crippen LogP contribution < -0.4 is 4.74 Å². The van der Waals surface area contributed by atoms with Gasteiger partial charge in [-0.2, -0.15) is 0 Å². The van der Waals surface area contributed by atoms with E-state index in [1.54, 1.807) is 6.07 Å². The monoisotopic (exact) mass is 438 g/mol. The van der Waals surface area contributed by atoms with Gasteiger partial charge in [-0.25, -0.2) is 0 Å². The van der Waals surface area contributed by atoms with Crippen molar-refractivity contribution in [2.75, 3.05) is 7.11 Å². The summed E-state index contributed by atoms with van der Waals surface area (Å²) >= 11 is 0. The first-order valence-corrected chi connectivity index (χ1v) is 10.5. The highest BCUT2D eigenvalue weighted by molar-refractivity contribution is 5.75. The first-order valence-electron chi connectivity index (χ1n) is 10.5. The van der Waals surface area contributed by atoms with Crippen molar-refractivity contribution in [3.8, 4) is 28.7 Å². The third kappa shape index (κ3) is 4.54. The zero-order valence-corrected chi connectivity index (χ0v) is 19.1. The first-order chi connectivity index (χ1) is 15.1. The lowest BCUT2D eigenvalue weighted by molar-refractivity contribution is 0.263. The molecule has 0 radical (unpaired) electrons. The Kier molecular flexibility index (Phi) is 6.72. The molecule has 0 unspecified atom stereocenters. The quantitative estimate of drug-likeness (QED) is 0.352. The van der Waals surface area contributed by atoms with Crippen molar-refractivity contribution in [3.05, 3.63) is 69.5 Å². The topological polar surface area (TPSA) is 99.4 Å². The number of methoxy groups -OCH3 is 1. The van der Waals surface area contributed by atoms with Gasteiger partial charge in [0, 0.05) is 34.7 Å². The van der Waals surface area contributed by atoms with Crippen LogP contribution in [0.5, 0.6) is 28.7 Å². The van der Waals surface area contributed by atoms with Crippen molar-refractivity contribution in [1.82, 2.24) is 0 Å². The van der Waals surface area contributed by atoms with E-state index >= 15 is 0 Å². The highest BCUT2D eigenvalue weighted by Gasteiger charge is 2.30. The minimum absolute atomic E-state index is 0.0581. The van der Waals surface area contributed by atoms with Crippen LogP contribution in [0.15, 0.2) is 47.3 Å². The Balaban J connectivity index is 2.20. The largest absolute Gasteiger partial charge is 0.507 e. The van der Waals surface area contributed by atoms with Gasteiger partial charge in [0.15, 0.2) is 17.3 Å². The second-order valence-corrected chi connectivity index (χ2v) is 8.37. The molecule has 6 nitrogen and oxygen atoms in total. The van der Waals surface area contributed by atoms with Crippen LogP contribution in [-0.2, 0) is 24.0 Å². The molecule has 0 amide bonds. The van der Waals surface area contributed by atoms with Crippen LogP contribution in [-0.4, -0.2) is 27.5 Å². The molecule has 2 aromatic carbocycles. The second-order valence-electron chi connectivity index (χ2n) is 8.37. The number of ether oxygens (including phenoxy) is 2. The summed E-state index contributed by atoms with van der Waals surface area (Å²) in [6.45, 7) is 7.84. The molecule has 4 N–H and O–H groups in total. The molecule has 170 valence electrons. The number of fused-ring (bicyclic) bond motifs is 1. The average Bonchev–Trinajstić information content (AvgIpc) is 2.73. The van der Waals surface area contributed by atoms with Crippen LogP contribution in [0.2, 0.25) is 0 Å². The Morgan fingerprint density at radius 2 is 1.53 bits per heavy atom. The third-order valence-electron chi connectivity index (χ3n) is 5.42. The number of hydrogen-bond acceptors (Lipinski definition) is 6. The number of phenols is 4. The minimum Gasteiger partial charge on any atom is -0.507 e. The van der Waals surface area contributed by atoms with Gasteiger partial charge >= 0.3 is 0 Å². The lowest BCUT2D eigenvalue weighted by Crippen LogP contribution is -2.14. The molecule has 0 aromatic heterocycles. The summed E-state index contributed by atoms with van der Waals surface area (Å²) in [5.74, 6) is 0.632. The van der Waals surface area contributed by atoms with E-state index < -0.39 is 0 Å². The number of allylic oxidation sites excluding steroid dienone is 5. The van der Waals surface area contributed by atoms with Crippen LogP contribution in [0, 0.1) is 0 Å². The molecule has 0 saturated heterocycles. The highest BCUT2D eigenvalue weighted by atomic mass is 16.5. The molecule has 3 rings (SSSR count). The van der Waals surface area contributed by atoms with Gasteiger partial charge in [0.1, 0.15) is 23.0 Å². The minimum atomic E-state index is -0.221. The van der Waals surface area contributed by atoms with E-state index in [1.165, 1.54) is 19.2 Å². The van der Waals surface area contributed by atoms with Crippen LogP contribution in [0.4, 0.5) is 0 Å². The molecule has 0 atom stereocenters. The summed E-state index contributed by atoms with van der Waals surface area (Å²) < 4.78 is 11.9. The lowest BCUT2D eigenvalue weighted by Gasteiger charge is -2.27. The van der Waals surface area contributed by atoms with E-state index in [0.29, 0.717) is 52.4 Å². The fraction of sp³-hybridized carbons (Fsp3) is 0.308. The van der Waals surface area contributed by atoms with Crippen molar-refractivity contribution in [2.45, 2.75) is 47.0 Å². The molecule has 1 aliphatic heterocycles. The van der Waals surface area contributed by atoms with Crippen LogP contribution in [0.3, 0.4) is 0 Å². The van der Waals surface area contributed by atoms with E-state index in [0.717, 1.165) is 11.1 Å². The van der Waals surface area contributed by atoms with Crippen molar-refractivity contribution in [3.63, 3.8) is 0 Å². The third-order valence-corrected chi connectivity index (χ3v) is 5.42. The van der Waals surface area contributed by atoms with Gasteiger partial charge in [-0.3, -0.25) is 0 Å². The van der Waals surface area contributed by atoms with E-state index in [4.69, 9.17) is 9.47 Å². The first kappa shape index (κ1) is 23.1. The van der Waals surface area contributed by atoms with Crippen LogP contribution >= 0.6 is 0 Å². The molecule has 0 aliphatic carbocycles. The lowest BCUT2D eigenvalue weighted by atomic mass is 9.94. The molecule has 1 heterocycles. The van der Waals surface area contributed by atoms with E-state index in [1.807, 2.05) is 39.8 Å². The predicted molar refractivity (Wildman–Crippen MR) is 124 cm³/mol. The normalized spacial score (nSPS) is 12.7. The maximum absolute atomic E-state index is 10.6. The van der Waals surface area contributed by atoms with Crippen molar-refractivity contribution in [1.29, 1.82) is 0 Å². The van der Waals surface area contributed by atoms with E-state index in [9.17, 15) is 20.4 Å². The molecule has 1 aliphatic rings. The Bertz CT molecular complexity index is 1130. The summed E-state index contributed by atoms with van der Waals surface area (Å²) in [7, 11) is 1.52. The van der Waals surface area contributed by atoms with Gasteiger partial charge in [0.25, 0.3) is 0 Å². The summed E-state index contributed by atoms with van der Waals surface area (Å²) in [5, 5.41) is 41.7. The van der Waals surface area contributed by atoms with Gasteiger partial charge in [0.05, 0.1) is 7.11 Å². The molecule has 0 bridgehead atoms. The van der Waals surface area contributed by atoms with Gasteiger partial charge in [-0.15, -0.1) is 0 Å². The van der Waals surface area contributed by atoms with Crippen molar-refractivity contribution in [2.24, 2.45) is 0 Å². The molecule has 0 spiro atoms. The maximum atomic E-state index is 10.6. The zero-order valence-electron chi connectivity index (χ0n) is 19.1. The molecule has 2 aromatic rings. The fourth-order valence-corrected chi connectivity index (χ4v) is 3.64. The Hall–Kier alpha value is -3.54. The van der Waals surface area contributed by atoms with Gasteiger partial charge in [0.2, 0.25) is 0 Å². The average molecular weight is 439 g/mol. The standard InChI is InChI=1S/C26H30O6/c1-14(2)6-8-16-17(10-11-20(27)24(16)30)26-23(31-5)12-19-22(29)13-21(28)18(25(19)32-26)9-7-15(3)4/h6-7,10-11,13,27-30H,8-9,12H2,1-5H3. The highest BCUT2D eigenvalue weighted by Crippen LogP contribution is 2.47. The second kappa shape index (κ2) is 9.30. The number of phenolic OH excluding ortho intramolecular Hbond substituents is 4. The van der Waals surface area contributed by atoms with Gasteiger partial charge < -0.3 is 29.9 Å². The van der Waals surface area contributed by atoms with E-state index in [-0.39, 0.29) is 29.4 Å². The molecular formula is C26H30O6. The van der Waals surface area contributed by atoms with E-state index in [2.05, 4.69) is 0 Å². The summed E-state index contributed by atoms with van der Waals surface area (Å²) in [4.78, 5) is 0. The summed E-state index contributed by atoms with van der Waals surface area (Å²) in [5.41, 5.74) is 4.29. The number of hydrogen-bond donors (Lipinski definition) is 4. The Labute approximate surface area is 188 Å². The van der Waals surface area contributed by atoms with Gasteiger partial charge in [-0.1, -0.05) is 23.3 Å². The smallest absolute Gasteiger partial charge is 0.173 e. The van der Waals surface area contributed by atoms with Crippen molar-refractivity contribution >= 4 is 5.76 Å². The molecular weight excluding hydrogens is 408 g/mol. The summed E-state index contributed by atoms with van der Waals surface area (Å²) in [6, 6.07) is 4.39. The predicted octanol–water partition coefficient (Wildman–Crippen LogP) is 5.48. The van der Waals surface area contributed by atoms with Crippen molar-refractivity contribution < 1.29 is 29.9 Å². The molecule has 32 heavy (non-hydrogen) atoms. The van der Waals surface area contributed by atoms with Crippen LogP contribution in [0.25, 0.3) is 5.76 Å². The summed E-state index contributed by atoms with van der Waals surface area (Å²) in [6.07, 6.45) is 4.97. The molecule has 6 heteroatoms. The van der Waals surface area contributed by atoms with Crippen LogP contribution in [0.1, 0.15) is 49.9 Å². The molecule has 0 saturated carbocycles. The van der Waals surface area contributed by atoms with Gasteiger partial charge in [-0.05, 0) is 52.7 Å². The zero-order chi connectivity index (χ0) is 23.6. The fourth-order valence-electron chi connectivity index (χ4n) is 3.64.